The summed E-state index contributed by atoms with van der Waals surface area (Å²) in [7, 11) is 1.86. The molecule has 0 bridgehead atoms. The van der Waals surface area contributed by atoms with Gasteiger partial charge in [-0.1, -0.05) is 18.2 Å². The quantitative estimate of drug-likeness (QED) is 0.449. The Kier molecular flexibility index (Phi) is 6.11. The van der Waals surface area contributed by atoms with Gasteiger partial charge < -0.3 is 19.5 Å². The zero-order chi connectivity index (χ0) is 27.6. The van der Waals surface area contributed by atoms with Gasteiger partial charge in [-0.05, 0) is 73.6 Å². The average Bonchev–Trinajstić information content (AvgIpc) is 3.42. The number of fused-ring (bicyclic) bond motifs is 1. The largest absolute Gasteiger partial charge is 0.393 e. The standard InChI is InChI=1S/C29H32F3N5O2/c1-18-13-28(39-18,26-35-34-17-36(26)3)21-6-4-7-22(12-21)37-16-24-20(14-29(30,31)32)10-19(11-23(24)25(37)38)15-33-27(2)8-5-9-27/h4,6-7,10-12,17-18,33H,5,8-9,13-16H2,1-3H3/t18?,28-/m0/s1. The molecule has 3 heterocycles. The van der Waals surface area contributed by atoms with Gasteiger partial charge in [-0.15, -0.1) is 10.2 Å². The smallest absolute Gasteiger partial charge is 0.359 e. The van der Waals surface area contributed by atoms with Gasteiger partial charge in [-0.3, -0.25) is 4.79 Å². The molecule has 1 saturated carbocycles. The number of nitrogens with one attached hydrogen (secondary N) is 1. The number of aromatic nitrogens is 3. The van der Waals surface area contributed by atoms with E-state index in [9.17, 15) is 18.0 Å². The van der Waals surface area contributed by atoms with Crippen molar-refractivity contribution in [2.24, 2.45) is 7.05 Å². The van der Waals surface area contributed by atoms with Crippen LogP contribution >= 0.6 is 0 Å². The molecule has 3 aromatic rings. The third-order valence-electron chi connectivity index (χ3n) is 8.44. The number of ether oxygens (including phenoxy) is 1. The Morgan fingerprint density at radius 2 is 1.97 bits per heavy atom. The summed E-state index contributed by atoms with van der Waals surface area (Å²) >= 11 is 0. The Hall–Kier alpha value is -3.24. The van der Waals surface area contributed by atoms with Gasteiger partial charge in [0.25, 0.3) is 5.91 Å². The molecule has 6 rings (SSSR count). The van der Waals surface area contributed by atoms with Crippen molar-refractivity contribution >= 4 is 11.6 Å². The molecule has 0 spiro atoms. The van der Waals surface area contributed by atoms with E-state index in [1.807, 2.05) is 42.8 Å². The zero-order valence-corrected chi connectivity index (χ0v) is 22.3. The van der Waals surface area contributed by atoms with Crippen LogP contribution in [0.3, 0.4) is 0 Å². The topological polar surface area (TPSA) is 72.3 Å². The van der Waals surface area contributed by atoms with Crippen LogP contribution in [0.1, 0.15) is 78.0 Å². The molecule has 39 heavy (non-hydrogen) atoms. The molecular formula is C29H32F3N5O2. The van der Waals surface area contributed by atoms with Crippen LogP contribution in [0.25, 0.3) is 0 Å². The third kappa shape index (κ3) is 4.63. The van der Waals surface area contributed by atoms with E-state index >= 15 is 0 Å². The minimum Gasteiger partial charge on any atom is -0.359 e. The fraction of sp³-hybridized carbons (Fsp3) is 0.483. The van der Waals surface area contributed by atoms with E-state index in [2.05, 4.69) is 22.4 Å². The van der Waals surface area contributed by atoms with E-state index in [0.717, 1.165) is 24.8 Å². The minimum absolute atomic E-state index is 0.000534. The maximum absolute atomic E-state index is 13.7. The number of benzene rings is 2. The van der Waals surface area contributed by atoms with Gasteiger partial charge in [-0.25, -0.2) is 0 Å². The van der Waals surface area contributed by atoms with Crippen LogP contribution in [0.15, 0.2) is 42.7 Å². The SMILES string of the molecule is CC1C[C@](c2cccc(N3Cc4c(CC(F)(F)F)cc(CNC5(C)CCC5)cc4C3=O)c2)(c2nncn2C)O1. The summed E-state index contributed by atoms with van der Waals surface area (Å²) in [6.07, 6.45) is 0.114. The van der Waals surface area contributed by atoms with Crippen molar-refractivity contribution in [3.8, 4) is 0 Å². The first kappa shape index (κ1) is 26.0. The molecule has 1 aliphatic carbocycles. The number of aryl methyl sites for hydroxylation is 1. The first-order valence-corrected chi connectivity index (χ1v) is 13.4. The van der Waals surface area contributed by atoms with Crippen LogP contribution in [0.4, 0.5) is 18.9 Å². The molecule has 10 heteroatoms. The van der Waals surface area contributed by atoms with Crippen LogP contribution in [0, 0.1) is 0 Å². The number of hydrogen-bond donors (Lipinski definition) is 1. The van der Waals surface area contributed by atoms with E-state index in [-0.39, 0.29) is 29.7 Å². The third-order valence-corrected chi connectivity index (χ3v) is 8.44. The molecule has 1 saturated heterocycles. The molecule has 2 fully saturated rings. The highest BCUT2D eigenvalue weighted by Gasteiger charge is 2.50. The van der Waals surface area contributed by atoms with Crippen molar-refractivity contribution in [1.29, 1.82) is 0 Å². The van der Waals surface area contributed by atoms with Gasteiger partial charge in [-0.2, -0.15) is 13.2 Å². The molecule has 2 atom stereocenters. The van der Waals surface area contributed by atoms with Gasteiger partial charge in [0.05, 0.1) is 19.1 Å². The van der Waals surface area contributed by atoms with Gasteiger partial charge in [0.1, 0.15) is 6.33 Å². The number of anilines is 1. The Bertz CT molecular complexity index is 1420. The molecule has 1 aromatic heterocycles. The summed E-state index contributed by atoms with van der Waals surface area (Å²) in [6.45, 7) is 4.62. The Balaban J connectivity index is 1.33. The number of alkyl halides is 3. The van der Waals surface area contributed by atoms with Gasteiger partial charge in [0.2, 0.25) is 0 Å². The highest BCUT2D eigenvalue weighted by molar-refractivity contribution is 6.10. The lowest BCUT2D eigenvalue weighted by Crippen LogP contribution is -2.49. The number of rotatable bonds is 7. The number of amides is 1. The normalized spacial score (nSPS) is 23.9. The lowest BCUT2D eigenvalue weighted by atomic mass is 9.78. The molecule has 2 aliphatic heterocycles. The minimum atomic E-state index is -4.38. The second-order valence-corrected chi connectivity index (χ2v) is 11.5. The van der Waals surface area contributed by atoms with E-state index in [1.54, 1.807) is 23.4 Å². The van der Waals surface area contributed by atoms with Gasteiger partial charge in [0.15, 0.2) is 11.4 Å². The summed E-state index contributed by atoms with van der Waals surface area (Å²) < 4.78 is 48.8. The van der Waals surface area contributed by atoms with Crippen molar-refractivity contribution in [3.63, 3.8) is 0 Å². The van der Waals surface area contributed by atoms with Crippen molar-refractivity contribution in [2.75, 3.05) is 4.90 Å². The maximum Gasteiger partial charge on any atom is 0.393 e. The van der Waals surface area contributed by atoms with Crippen molar-refractivity contribution in [2.45, 2.75) is 82.5 Å². The lowest BCUT2D eigenvalue weighted by molar-refractivity contribution is -0.184. The number of halogens is 3. The van der Waals surface area contributed by atoms with Crippen LogP contribution in [0.2, 0.25) is 0 Å². The van der Waals surface area contributed by atoms with E-state index in [4.69, 9.17) is 4.74 Å². The van der Waals surface area contributed by atoms with Crippen LogP contribution in [-0.4, -0.2) is 38.5 Å². The van der Waals surface area contributed by atoms with Gasteiger partial charge >= 0.3 is 6.18 Å². The van der Waals surface area contributed by atoms with E-state index in [1.165, 1.54) is 0 Å². The molecule has 206 valence electrons. The molecule has 1 N–H and O–H groups in total. The molecule has 1 unspecified atom stereocenters. The summed E-state index contributed by atoms with van der Waals surface area (Å²) in [5, 5.41) is 11.8. The van der Waals surface area contributed by atoms with Crippen LogP contribution in [-0.2, 0) is 36.9 Å². The van der Waals surface area contributed by atoms with Crippen molar-refractivity contribution in [3.05, 3.63) is 76.4 Å². The highest BCUT2D eigenvalue weighted by Crippen LogP contribution is 2.47. The fourth-order valence-corrected chi connectivity index (χ4v) is 6.21. The van der Waals surface area contributed by atoms with Gasteiger partial charge in [0, 0.05) is 36.8 Å². The molecular weight excluding hydrogens is 507 g/mol. The number of carbonyl (C=O) groups excluding carboxylic acids is 1. The average molecular weight is 540 g/mol. The van der Waals surface area contributed by atoms with Crippen LogP contribution in [0.5, 0.6) is 0 Å². The Morgan fingerprint density at radius 1 is 1.21 bits per heavy atom. The first-order valence-electron chi connectivity index (χ1n) is 13.4. The number of carbonyl (C=O) groups is 1. The Morgan fingerprint density at radius 3 is 2.59 bits per heavy atom. The Labute approximate surface area is 225 Å². The lowest BCUT2D eigenvalue weighted by Gasteiger charge is -2.46. The van der Waals surface area contributed by atoms with Crippen LogP contribution < -0.4 is 10.2 Å². The molecule has 7 nitrogen and oxygen atoms in total. The summed E-state index contributed by atoms with van der Waals surface area (Å²) in [4.78, 5) is 15.2. The van der Waals surface area contributed by atoms with E-state index in [0.29, 0.717) is 41.2 Å². The second kappa shape index (κ2) is 9.16. The van der Waals surface area contributed by atoms with Crippen molar-refractivity contribution in [1.82, 2.24) is 20.1 Å². The molecule has 3 aliphatic rings. The molecule has 1 amide bonds. The molecule has 0 radical (unpaired) electrons. The summed E-state index contributed by atoms with van der Waals surface area (Å²) in [6, 6.07) is 10.8. The monoisotopic (exact) mass is 539 g/mol. The number of nitrogens with zero attached hydrogens (tertiary/aromatic N) is 4. The fourth-order valence-electron chi connectivity index (χ4n) is 6.21. The summed E-state index contributed by atoms with van der Waals surface area (Å²) in [5.41, 5.74) is 2.28. The predicted octanol–water partition coefficient (Wildman–Crippen LogP) is 5.16. The van der Waals surface area contributed by atoms with Crippen molar-refractivity contribution < 1.29 is 22.7 Å². The number of hydrogen-bond acceptors (Lipinski definition) is 5. The zero-order valence-electron chi connectivity index (χ0n) is 22.3. The maximum atomic E-state index is 13.7. The predicted molar refractivity (Wildman–Crippen MR) is 139 cm³/mol. The highest BCUT2D eigenvalue weighted by atomic mass is 19.4. The second-order valence-electron chi connectivity index (χ2n) is 11.5. The molecule has 2 aromatic carbocycles. The summed E-state index contributed by atoms with van der Waals surface area (Å²) in [5.74, 6) is 0.372. The first-order chi connectivity index (χ1) is 18.5. The van der Waals surface area contributed by atoms with E-state index < -0.39 is 18.2 Å².